The third-order valence-corrected chi connectivity index (χ3v) is 8.49. The lowest BCUT2D eigenvalue weighted by Gasteiger charge is -2.31. The van der Waals surface area contributed by atoms with Gasteiger partial charge >= 0.3 is 6.18 Å². The van der Waals surface area contributed by atoms with Crippen LogP contribution in [0.15, 0.2) is 54.7 Å². The lowest BCUT2D eigenvalue weighted by molar-refractivity contribution is -0.265. The second-order valence-corrected chi connectivity index (χ2v) is 11.7. The number of rotatable bonds is 7. The Bertz CT molecular complexity index is 1830. The summed E-state index contributed by atoms with van der Waals surface area (Å²) in [6, 6.07) is 10.2. The Labute approximate surface area is 253 Å². The van der Waals surface area contributed by atoms with Crippen molar-refractivity contribution >= 4 is 34.3 Å². The molecule has 0 bridgehead atoms. The molecule has 2 aromatic carbocycles. The number of aromatic nitrogens is 2. The molecule has 1 aliphatic heterocycles. The second-order valence-electron chi connectivity index (χ2n) is 11.3. The van der Waals surface area contributed by atoms with Gasteiger partial charge in [-0.3, -0.25) is 14.6 Å². The van der Waals surface area contributed by atoms with Crippen molar-refractivity contribution in [1.29, 1.82) is 0 Å². The van der Waals surface area contributed by atoms with Crippen LogP contribution < -0.4 is 15.8 Å². The SMILES string of the molecule is C[C@]1(C(N)=O)COc2c1cc(C(O)(CNC(=O)c1cc(Cl)c3ncc(C4CC4)cc3c1)C(F)(F)F)nc2-c1ccc(F)cc1. The highest BCUT2D eigenvalue weighted by atomic mass is 35.5. The highest BCUT2D eigenvalue weighted by molar-refractivity contribution is 6.35. The first-order valence-corrected chi connectivity index (χ1v) is 14.0. The third-order valence-electron chi connectivity index (χ3n) is 8.20. The molecular formula is C31H25ClF4N4O4. The number of halogens is 5. The highest BCUT2D eigenvalue weighted by Crippen LogP contribution is 2.48. The summed E-state index contributed by atoms with van der Waals surface area (Å²) >= 11 is 6.35. The van der Waals surface area contributed by atoms with E-state index in [1.165, 1.54) is 31.2 Å². The average Bonchev–Trinajstić information content (AvgIpc) is 3.78. The number of ether oxygens (including phenoxy) is 1. The van der Waals surface area contributed by atoms with Gasteiger partial charge in [-0.05, 0) is 79.8 Å². The molecule has 1 fully saturated rings. The number of nitrogens with two attached hydrogens (primary N) is 1. The van der Waals surface area contributed by atoms with Crippen molar-refractivity contribution in [1.82, 2.24) is 15.3 Å². The largest absolute Gasteiger partial charge is 0.489 e. The average molecular weight is 629 g/mol. The number of hydrogen-bond acceptors (Lipinski definition) is 6. The molecule has 4 aromatic rings. The van der Waals surface area contributed by atoms with Gasteiger partial charge in [0.15, 0.2) is 0 Å². The van der Waals surface area contributed by atoms with Crippen molar-refractivity contribution in [3.63, 3.8) is 0 Å². The lowest BCUT2D eigenvalue weighted by Crippen LogP contribution is -2.51. The zero-order valence-electron chi connectivity index (χ0n) is 23.1. The number of carbonyl (C=O) groups is 2. The van der Waals surface area contributed by atoms with Gasteiger partial charge in [0.1, 0.15) is 29.3 Å². The molecule has 4 N–H and O–H groups in total. The van der Waals surface area contributed by atoms with E-state index >= 15 is 0 Å². The van der Waals surface area contributed by atoms with Gasteiger partial charge in [0.2, 0.25) is 11.5 Å². The number of benzene rings is 2. The standard InChI is InChI=1S/C31H25ClF4N4O4/c1-29(28(37)42)14-44-26-21(29)11-23(40-25(26)16-4-6-20(33)7-5-16)30(43,31(34,35)36)13-39-27(41)18-8-17-9-19(15-2-3-15)12-38-24(17)22(32)10-18/h4-12,15,43H,2-3,13-14H2,1H3,(H2,37,42)(H,39,41)/t29-,30?/m0/s1. The molecule has 0 spiro atoms. The number of hydrogen-bond donors (Lipinski definition) is 3. The van der Waals surface area contributed by atoms with Gasteiger partial charge in [0.25, 0.3) is 5.91 Å². The maximum absolute atomic E-state index is 14.7. The molecule has 0 radical (unpaired) electrons. The van der Waals surface area contributed by atoms with Gasteiger partial charge in [-0.15, -0.1) is 0 Å². The van der Waals surface area contributed by atoms with Crippen molar-refractivity contribution in [2.45, 2.75) is 42.9 Å². The van der Waals surface area contributed by atoms with Crippen LogP contribution in [0.5, 0.6) is 5.75 Å². The van der Waals surface area contributed by atoms with Crippen molar-refractivity contribution < 1.29 is 37.0 Å². The van der Waals surface area contributed by atoms with Gasteiger partial charge in [-0.2, -0.15) is 13.2 Å². The Morgan fingerprint density at radius 2 is 1.86 bits per heavy atom. The van der Waals surface area contributed by atoms with Gasteiger partial charge in [-0.1, -0.05) is 11.6 Å². The molecule has 1 saturated carbocycles. The molecule has 3 heterocycles. The van der Waals surface area contributed by atoms with E-state index in [-0.39, 0.29) is 39.8 Å². The Balaban J connectivity index is 1.40. The maximum atomic E-state index is 14.7. The van der Waals surface area contributed by atoms with Crippen LogP contribution in [0.1, 0.15) is 52.9 Å². The van der Waals surface area contributed by atoms with Crippen LogP contribution in [0.4, 0.5) is 17.6 Å². The minimum absolute atomic E-state index is 0.0276. The number of aliphatic hydroxyl groups is 1. The predicted octanol–water partition coefficient (Wildman–Crippen LogP) is 5.28. The normalized spacial score (nSPS) is 19.2. The monoisotopic (exact) mass is 628 g/mol. The number of alkyl halides is 3. The topological polar surface area (TPSA) is 127 Å². The van der Waals surface area contributed by atoms with Gasteiger partial charge in [0.05, 0.1) is 22.8 Å². The minimum atomic E-state index is -5.35. The van der Waals surface area contributed by atoms with Crippen LogP contribution in [0.2, 0.25) is 5.02 Å². The molecule has 1 aliphatic carbocycles. The van der Waals surface area contributed by atoms with Crippen molar-refractivity contribution in [3.8, 4) is 17.0 Å². The van der Waals surface area contributed by atoms with E-state index in [0.717, 1.165) is 36.6 Å². The highest BCUT2D eigenvalue weighted by Gasteiger charge is 2.57. The molecule has 2 amide bonds. The Hall–Kier alpha value is -4.29. The van der Waals surface area contributed by atoms with Gasteiger partial charge in [-0.25, -0.2) is 9.37 Å². The second kappa shape index (κ2) is 10.4. The number of nitrogens with one attached hydrogen (secondary N) is 1. The third kappa shape index (κ3) is 5.01. The molecule has 2 aliphatic rings. The van der Waals surface area contributed by atoms with E-state index in [2.05, 4.69) is 15.3 Å². The van der Waals surface area contributed by atoms with Gasteiger partial charge in [0, 0.05) is 28.3 Å². The van der Waals surface area contributed by atoms with Crippen molar-refractivity contribution in [2.75, 3.05) is 13.2 Å². The van der Waals surface area contributed by atoms with E-state index in [9.17, 15) is 32.3 Å². The maximum Gasteiger partial charge on any atom is 0.424 e. The summed E-state index contributed by atoms with van der Waals surface area (Å²) in [4.78, 5) is 34.0. The van der Waals surface area contributed by atoms with Crippen molar-refractivity contribution in [3.05, 3.63) is 88.0 Å². The quantitative estimate of drug-likeness (QED) is 0.239. The molecule has 44 heavy (non-hydrogen) atoms. The number of carbonyl (C=O) groups excluding carboxylic acids is 2. The molecule has 13 heteroatoms. The predicted molar refractivity (Wildman–Crippen MR) is 153 cm³/mol. The van der Waals surface area contributed by atoms with Crippen LogP contribution in [0.25, 0.3) is 22.2 Å². The Morgan fingerprint density at radius 3 is 2.50 bits per heavy atom. The van der Waals surface area contributed by atoms with Crippen LogP contribution in [0, 0.1) is 5.82 Å². The summed E-state index contributed by atoms with van der Waals surface area (Å²) in [5.41, 5.74) is 0.723. The number of primary amides is 1. The van der Waals surface area contributed by atoms with E-state index in [4.69, 9.17) is 22.1 Å². The van der Waals surface area contributed by atoms with Gasteiger partial charge < -0.3 is 20.9 Å². The van der Waals surface area contributed by atoms with Crippen LogP contribution in [-0.2, 0) is 15.8 Å². The molecular weight excluding hydrogens is 604 g/mol. The number of amides is 2. The fraction of sp³-hybridized carbons (Fsp3) is 0.290. The molecule has 2 atom stereocenters. The first-order valence-electron chi connectivity index (χ1n) is 13.6. The first kappa shape index (κ1) is 29.8. The minimum Gasteiger partial charge on any atom is -0.489 e. The smallest absolute Gasteiger partial charge is 0.424 e. The number of pyridine rings is 2. The summed E-state index contributed by atoms with van der Waals surface area (Å²) in [5, 5.41) is 14.1. The molecule has 8 nitrogen and oxygen atoms in total. The molecule has 6 rings (SSSR count). The van der Waals surface area contributed by atoms with E-state index in [0.29, 0.717) is 16.8 Å². The van der Waals surface area contributed by atoms with Crippen LogP contribution >= 0.6 is 11.6 Å². The summed E-state index contributed by atoms with van der Waals surface area (Å²) < 4.78 is 63.4. The van der Waals surface area contributed by atoms with E-state index < -0.39 is 47.1 Å². The zero-order valence-corrected chi connectivity index (χ0v) is 23.9. The molecule has 2 aromatic heterocycles. The lowest BCUT2D eigenvalue weighted by atomic mass is 9.81. The first-order chi connectivity index (χ1) is 20.7. The summed E-state index contributed by atoms with van der Waals surface area (Å²) in [6.45, 7) is -0.243. The zero-order chi connectivity index (χ0) is 31.6. The number of fused-ring (bicyclic) bond motifs is 2. The summed E-state index contributed by atoms with van der Waals surface area (Å²) in [5.74, 6) is -2.08. The molecule has 1 unspecified atom stereocenters. The fourth-order valence-electron chi connectivity index (χ4n) is 5.24. The van der Waals surface area contributed by atoms with E-state index in [1.807, 2.05) is 6.07 Å². The van der Waals surface area contributed by atoms with Crippen LogP contribution in [0.3, 0.4) is 0 Å². The van der Waals surface area contributed by atoms with Crippen LogP contribution in [-0.4, -0.2) is 46.2 Å². The molecule has 228 valence electrons. The molecule has 0 saturated heterocycles. The summed E-state index contributed by atoms with van der Waals surface area (Å²) in [6.07, 6.45) is -1.61. The number of nitrogens with zero attached hydrogens (tertiary/aromatic N) is 2. The van der Waals surface area contributed by atoms with Crippen molar-refractivity contribution in [2.24, 2.45) is 5.73 Å². The Kier molecular flexibility index (Phi) is 7.04. The fourth-order valence-corrected chi connectivity index (χ4v) is 5.52. The summed E-state index contributed by atoms with van der Waals surface area (Å²) in [7, 11) is 0. The van der Waals surface area contributed by atoms with E-state index in [1.54, 1.807) is 6.20 Å². The Morgan fingerprint density at radius 1 is 1.16 bits per heavy atom.